The maximum atomic E-state index is 12.3. The fourth-order valence-corrected chi connectivity index (χ4v) is 4.57. The molecule has 0 bridgehead atoms. The molecule has 2 heterocycles. The van der Waals surface area contributed by atoms with Gasteiger partial charge < -0.3 is 19.4 Å². The number of piperidine rings is 1. The highest BCUT2D eigenvalue weighted by Crippen LogP contribution is 2.34. The average molecular weight is 402 g/mol. The van der Waals surface area contributed by atoms with Gasteiger partial charge in [0.05, 0.1) is 6.10 Å². The second kappa shape index (κ2) is 10.3. The summed E-state index contributed by atoms with van der Waals surface area (Å²) in [4.78, 5) is 18.9. The molecule has 5 nitrogen and oxygen atoms in total. The van der Waals surface area contributed by atoms with E-state index >= 15 is 0 Å². The zero-order valence-electron chi connectivity index (χ0n) is 18.8. The number of ether oxygens (including phenoxy) is 1. The Bertz CT molecular complexity index is 653. The number of carbonyl (C=O) groups excluding carboxylic acids is 1. The first-order chi connectivity index (χ1) is 14.0. The van der Waals surface area contributed by atoms with Crippen molar-refractivity contribution in [1.82, 2.24) is 14.7 Å². The lowest BCUT2D eigenvalue weighted by atomic mass is 9.88. The number of hydrogen-bond donors (Lipinski definition) is 0. The summed E-state index contributed by atoms with van der Waals surface area (Å²) in [7, 11) is 0. The second-order valence-electron chi connectivity index (χ2n) is 9.08. The topological polar surface area (TPSA) is 36.0 Å². The zero-order valence-corrected chi connectivity index (χ0v) is 18.8. The standard InChI is InChI=1S/C24H39N3O2/c1-19(2)27-18-17-26(24(27)28)14-8-7-13-25-15-11-21(12-16-25)22-9-5-6-10-23(22)29-20(3)4/h5-6,9-10,19-21H,7-8,11-18H2,1-4H3. The molecule has 2 aliphatic rings. The van der Waals surface area contributed by atoms with Gasteiger partial charge in [-0.05, 0) is 90.6 Å². The Hall–Kier alpha value is -1.75. The molecule has 29 heavy (non-hydrogen) atoms. The van der Waals surface area contributed by atoms with E-state index in [-0.39, 0.29) is 12.1 Å². The first kappa shape index (κ1) is 21.9. The van der Waals surface area contributed by atoms with E-state index in [1.54, 1.807) is 0 Å². The van der Waals surface area contributed by atoms with Crippen molar-refractivity contribution in [2.75, 3.05) is 39.3 Å². The highest BCUT2D eigenvalue weighted by atomic mass is 16.5. The Balaban J connectivity index is 1.37. The van der Waals surface area contributed by atoms with Gasteiger partial charge in [-0.25, -0.2) is 4.79 Å². The summed E-state index contributed by atoms with van der Waals surface area (Å²) in [5.41, 5.74) is 1.38. The van der Waals surface area contributed by atoms with Gasteiger partial charge in [-0.1, -0.05) is 18.2 Å². The summed E-state index contributed by atoms with van der Waals surface area (Å²) in [6.45, 7) is 14.5. The van der Waals surface area contributed by atoms with Crippen molar-refractivity contribution in [2.45, 2.75) is 71.4 Å². The number of rotatable bonds is 9. The number of benzene rings is 1. The highest BCUT2D eigenvalue weighted by molar-refractivity contribution is 5.76. The van der Waals surface area contributed by atoms with Crippen LogP contribution in [0.5, 0.6) is 5.75 Å². The molecule has 2 fully saturated rings. The molecular weight excluding hydrogens is 362 g/mol. The number of para-hydroxylation sites is 1. The van der Waals surface area contributed by atoms with Gasteiger partial charge in [-0.15, -0.1) is 0 Å². The Labute approximate surface area is 177 Å². The lowest BCUT2D eigenvalue weighted by Gasteiger charge is -2.33. The van der Waals surface area contributed by atoms with Gasteiger partial charge in [0.1, 0.15) is 5.75 Å². The molecule has 0 aromatic heterocycles. The summed E-state index contributed by atoms with van der Waals surface area (Å²) < 4.78 is 6.04. The van der Waals surface area contributed by atoms with Crippen LogP contribution < -0.4 is 4.74 Å². The molecule has 0 saturated carbocycles. The quantitative estimate of drug-likeness (QED) is 0.568. The SMILES string of the molecule is CC(C)Oc1ccccc1C1CCN(CCCCN2CCN(C(C)C)C2=O)CC1. The highest BCUT2D eigenvalue weighted by Gasteiger charge is 2.29. The van der Waals surface area contributed by atoms with Gasteiger partial charge in [0.2, 0.25) is 0 Å². The molecule has 0 spiro atoms. The van der Waals surface area contributed by atoms with E-state index in [0.29, 0.717) is 12.0 Å². The van der Waals surface area contributed by atoms with Crippen LogP contribution >= 0.6 is 0 Å². The van der Waals surface area contributed by atoms with Crippen LogP contribution in [0, 0.1) is 0 Å². The van der Waals surface area contributed by atoms with Crippen LogP contribution in [0.2, 0.25) is 0 Å². The van der Waals surface area contributed by atoms with Crippen LogP contribution in [0.1, 0.15) is 64.9 Å². The second-order valence-corrected chi connectivity index (χ2v) is 9.08. The van der Waals surface area contributed by atoms with Crippen molar-refractivity contribution in [3.63, 3.8) is 0 Å². The number of unbranched alkanes of at least 4 members (excludes halogenated alkanes) is 1. The van der Waals surface area contributed by atoms with Crippen LogP contribution in [0.25, 0.3) is 0 Å². The molecule has 2 saturated heterocycles. The summed E-state index contributed by atoms with van der Waals surface area (Å²) >= 11 is 0. The molecule has 1 aromatic rings. The molecule has 5 heteroatoms. The molecule has 3 rings (SSSR count). The monoisotopic (exact) mass is 401 g/mol. The fraction of sp³-hybridized carbons (Fsp3) is 0.708. The van der Waals surface area contributed by atoms with Gasteiger partial charge in [0.25, 0.3) is 0 Å². The van der Waals surface area contributed by atoms with Crippen LogP contribution in [0.4, 0.5) is 4.79 Å². The number of likely N-dealkylation sites (tertiary alicyclic amines) is 1. The molecule has 0 N–H and O–H groups in total. The van der Waals surface area contributed by atoms with Crippen molar-refractivity contribution in [2.24, 2.45) is 0 Å². The van der Waals surface area contributed by atoms with Crippen molar-refractivity contribution in [1.29, 1.82) is 0 Å². The molecule has 0 atom stereocenters. The van der Waals surface area contributed by atoms with E-state index in [2.05, 4.69) is 56.9 Å². The van der Waals surface area contributed by atoms with E-state index in [1.165, 1.54) is 24.8 Å². The fourth-order valence-electron chi connectivity index (χ4n) is 4.57. The number of carbonyl (C=O) groups is 1. The molecule has 162 valence electrons. The summed E-state index contributed by atoms with van der Waals surface area (Å²) in [6.07, 6.45) is 4.89. The third kappa shape index (κ3) is 5.88. The maximum Gasteiger partial charge on any atom is 0.320 e. The largest absolute Gasteiger partial charge is 0.491 e. The van der Waals surface area contributed by atoms with Gasteiger partial charge >= 0.3 is 6.03 Å². The van der Waals surface area contributed by atoms with E-state index in [1.807, 2.05) is 9.80 Å². The first-order valence-corrected chi connectivity index (χ1v) is 11.5. The summed E-state index contributed by atoms with van der Waals surface area (Å²) in [5, 5.41) is 0. The minimum absolute atomic E-state index is 0.214. The van der Waals surface area contributed by atoms with Crippen LogP contribution in [0.3, 0.4) is 0 Å². The Morgan fingerprint density at radius 1 is 0.966 bits per heavy atom. The average Bonchev–Trinajstić information content (AvgIpc) is 3.06. The Morgan fingerprint density at radius 2 is 1.66 bits per heavy atom. The van der Waals surface area contributed by atoms with Crippen LogP contribution in [-0.2, 0) is 0 Å². The molecule has 0 aliphatic carbocycles. The zero-order chi connectivity index (χ0) is 20.8. The maximum absolute atomic E-state index is 12.3. The molecule has 2 amide bonds. The van der Waals surface area contributed by atoms with Gasteiger partial charge in [-0.2, -0.15) is 0 Å². The third-order valence-corrected chi connectivity index (χ3v) is 6.21. The smallest absolute Gasteiger partial charge is 0.320 e. The van der Waals surface area contributed by atoms with Gasteiger partial charge in [-0.3, -0.25) is 0 Å². The summed E-state index contributed by atoms with van der Waals surface area (Å²) in [5.74, 6) is 1.66. The minimum Gasteiger partial charge on any atom is -0.491 e. The van der Waals surface area contributed by atoms with Crippen molar-refractivity contribution >= 4 is 6.03 Å². The van der Waals surface area contributed by atoms with Crippen molar-refractivity contribution in [3.05, 3.63) is 29.8 Å². The Kier molecular flexibility index (Phi) is 7.82. The predicted molar refractivity (Wildman–Crippen MR) is 119 cm³/mol. The first-order valence-electron chi connectivity index (χ1n) is 11.5. The molecular formula is C24H39N3O2. The minimum atomic E-state index is 0.214. The number of nitrogens with zero attached hydrogens (tertiary/aromatic N) is 3. The summed E-state index contributed by atoms with van der Waals surface area (Å²) in [6, 6.07) is 9.09. The predicted octanol–water partition coefficient (Wildman–Crippen LogP) is 4.58. The Morgan fingerprint density at radius 3 is 2.31 bits per heavy atom. The van der Waals surface area contributed by atoms with Crippen molar-refractivity contribution in [3.8, 4) is 5.75 Å². The van der Waals surface area contributed by atoms with E-state index in [0.717, 1.165) is 51.4 Å². The van der Waals surface area contributed by atoms with E-state index in [9.17, 15) is 4.79 Å². The lowest BCUT2D eigenvalue weighted by molar-refractivity contribution is 0.179. The van der Waals surface area contributed by atoms with Crippen molar-refractivity contribution < 1.29 is 9.53 Å². The third-order valence-electron chi connectivity index (χ3n) is 6.21. The van der Waals surface area contributed by atoms with Gasteiger partial charge in [0.15, 0.2) is 0 Å². The van der Waals surface area contributed by atoms with Crippen LogP contribution in [-0.4, -0.2) is 72.1 Å². The molecule has 0 unspecified atom stereocenters. The number of amides is 2. The molecule has 1 aromatic carbocycles. The normalized spacial score (nSPS) is 19.0. The number of urea groups is 1. The van der Waals surface area contributed by atoms with Gasteiger partial charge in [0, 0.05) is 25.7 Å². The number of hydrogen-bond acceptors (Lipinski definition) is 3. The van der Waals surface area contributed by atoms with E-state index in [4.69, 9.17) is 4.74 Å². The molecule has 2 aliphatic heterocycles. The lowest BCUT2D eigenvalue weighted by Crippen LogP contribution is -2.37. The molecule has 0 radical (unpaired) electrons. The van der Waals surface area contributed by atoms with E-state index < -0.39 is 0 Å². The van der Waals surface area contributed by atoms with Crippen LogP contribution in [0.15, 0.2) is 24.3 Å².